The standard InChI is InChI=1S/C28H45O6P/c1-6-32-35(31,33-7-2)17-14-26(30)25-11-10-23-22-9-8-20-18-21(34-19(3)29)12-15-27(20,4)24(22)13-16-28(23,25)5/h8,21-25H,6-7,9-18H2,1-5H3. The number of rotatable bonds is 9. The number of ether oxygens (including phenoxy) is 1. The molecule has 0 amide bonds. The number of hydrogen-bond acceptors (Lipinski definition) is 6. The molecule has 0 N–H and O–H groups in total. The van der Waals surface area contributed by atoms with Crippen LogP contribution < -0.4 is 0 Å². The fourth-order valence-corrected chi connectivity index (χ4v) is 10.1. The van der Waals surface area contributed by atoms with Crippen LogP contribution in [0.5, 0.6) is 0 Å². The summed E-state index contributed by atoms with van der Waals surface area (Å²) in [7, 11) is -3.20. The lowest BCUT2D eigenvalue weighted by molar-refractivity contribution is -0.149. The van der Waals surface area contributed by atoms with Crippen molar-refractivity contribution in [3.63, 3.8) is 0 Å². The molecule has 7 atom stereocenters. The second-order valence-electron chi connectivity index (χ2n) is 11.8. The summed E-state index contributed by atoms with van der Waals surface area (Å²) in [4.78, 5) is 24.9. The summed E-state index contributed by atoms with van der Waals surface area (Å²) in [6.07, 6.45) is 11.2. The first-order valence-corrected chi connectivity index (χ1v) is 15.6. The zero-order valence-corrected chi connectivity index (χ0v) is 23.2. The Morgan fingerprint density at radius 1 is 1.03 bits per heavy atom. The molecule has 4 aliphatic rings. The van der Waals surface area contributed by atoms with E-state index in [-0.39, 0.29) is 47.2 Å². The van der Waals surface area contributed by atoms with Gasteiger partial charge in [-0.2, -0.15) is 0 Å². The number of fused-ring (bicyclic) bond motifs is 5. The van der Waals surface area contributed by atoms with Crippen LogP contribution in [0, 0.1) is 34.5 Å². The molecule has 0 radical (unpaired) electrons. The molecule has 6 nitrogen and oxygen atoms in total. The molecule has 4 aliphatic carbocycles. The van der Waals surface area contributed by atoms with Gasteiger partial charge in [-0.1, -0.05) is 25.5 Å². The Balaban J connectivity index is 1.45. The first-order valence-electron chi connectivity index (χ1n) is 13.8. The topological polar surface area (TPSA) is 78.9 Å². The third-order valence-electron chi connectivity index (χ3n) is 10.1. The van der Waals surface area contributed by atoms with Gasteiger partial charge in [0.2, 0.25) is 0 Å². The Labute approximate surface area is 211 Å². The molecule has 3 saturated carbocycles. The van der Waals surface area contributed by atoms with Gasteiger partial charge in [-0.15, -0.1) is 0 Å². The lowest BCUT2D eigenvalue weighted by Gasteiger charge is -2.58. The molecule has 0 heterocycles. The van der Waals surface area contributed by atoms with Crippen LogP contribution in [0.4, 0.5) is 0 Å². The predicted octanol–water partition coefficient (Wildman–Crippen LogP) is 6.72. The van der Waals surface area contributed by atoms with Crippen molar-refractivity contribution in [2.75, 3.05) is 19.4 Å². The molecule has 0 spiro atoms. The van der Waals surface area contributed by atoms with Crippen LogP contribution in [0.3, 0.4) is 0 Å². The first-order chi connectivity index (χ1) is 16.6. The van der Waals surface area contributed by atoms with Crippen molar-refractivity contribution in [3.05, 3.63) is 11.6 Å². The van der Waals surface area contributed by atoms with E-state index in [1.165, 1.54) is 12.5 Å². The van der Waals surface area contributed by atoms with Gasteiger partial charge in [-0.3, -0.25) is 14.2 Å². The van der Waals surface area contributed by atoms with E-state index in [0.29, 0.717) is 31.0 Å². The van der Waals surface area contributed by atoms with E-state index in [1.807, 2.05) is 13.8 Å². The van der Waals surface area contributed by atoms with Gasteiger partial charge in [-0.05, 0) is 87.4 Å². The summed E-state index contributed by atoms with van der Waals surface area (Å²) in [6, 6.07) is 0. The highest BCUT2D eigenvalue weighted by Crippen LogP contribution is 2.66. The average molecular weight is 509 g/mol. The summed E-state index contributed by atoms with van der Waals surface area (Å²) in [5.41, 5.74) is 1.70. The maximum absolute atomic E-state index is 13.5. The number of ketones is 1. The molecule has 0 aromatic heterocycles. The monoisotopic (exact) mass is 508 g/mol. The molecule has 198 valence electrons. The summed E-state index contributed by atoms with van der Waals surface area (Å²) in [5.74, 6) is 1.92. The average Bonchev–Trinajstić information content (AvgIpc) is 3.15. The second kappa shape index (κ2) is 10.4. The van der Waals surface area contributed by atoms with Crippen molar-refractivity contribution in [2.45, 2.75) is 98.5 Å². The highest BCUT2D eigenvalue weighted by Gasteiger charge is 2.59. The third-order valence-corrected chi connectivity index (χ3v) is 12.1. The zero-order chi connectivity index (χ0) is 25.4. The highest BCUT2D eigenvalue weighted by atomic mass is 31.2. The van der Waals surface area contributed by atoms with E-state index in [0.717, 1.165) is 51.4 Å². The van der Waals surface area contributed by atoms with Gasteiger partial charge in [0, 0.05) is 25.7 Å². The highest BCUT2D eigenvalue weighted by molar-refractivity contribution is 7.53. The molecular weight excluding hydrogens is 463 g/mol. The van der Waals surface area contributed by atoms with E-state index in [9.17, 15) is 14.2 Å². The molecule has 3 fully saturated rings. The van der Waals surface area contributed by atoms with Gasteiger partial charge in [0.05, 0.1) is 19.4 Å². The van der Waals surface area contributed by atoms with Crippen molar-refractivity contribution in [1.29, 1.82) is 0 Å². The fraction of sp³-hybridized carbons (Fsp3) is 0.857. The van der Waals surface area contributed by atoms with Gasteiger partial charge < -0.3 is 13.8 Å². The van der Waals surface area contributed by atoms with Crippen molar-refractivity contribution in [1.82, 2.24) is 0 Å². The Morgan fingerprint density at radius 3 is 2.40 bits per heavy atom. The molecule has 0 aromatic carbocycles. The van der Waals surface area contributed by atoms with E-state index in [2.05, 4.69) is 19.9 Å². The fourth-order valence-electron chi connectivity index (χ4n) is 8.47. The number of esters is 1. The maximum atomic E-state index is 13.5. The molecule has 0 bridgehead atoms. The summed E-state index contributed by atoms with van der Waals surface area (Å²) in [6.45, 7) is 10.6. The second-order valence-corrected chi connectivity index (χ2v) is 14.0. The molecule has 7 heteroatoms. The van der Waals surface area contributed by atoms with Gasteiger partial charge >= 0.3 is 13.6 Å². The van der Waals surface area contributed by atoms with Crippen molar-refractivity contribution < 1.29 is 27.9 Å². The number of carbonyl (C=O) groups excluding carboxylic acids is 2. The summed E-state index contributed by atoms with van der Waals surface area (Å²) < 4.78 is 29.3. The SMILES string of the molecule is CCOP(=O)(CCC(=O)C1CCC2C3CC=C4CC(OC(C)=O)CCC4(C)C3CCC12C)OCC. The normalized spacial score (nSPS) is 38.7. The van der Waals surface area contributed by atoms with E-state index in [4.69, 9.17) is 13.8 Å². The van der Waals surface area contributed by atoms with Gasteiger partial charge in [0.1, 0.15) is 11.9 Å². The van der Waals surface area contributed by atoms with E-state index < -0.39 is 7.60 Å². The molecular formula is C28H45O6P. The number of hydrogen-bond donors (Lipinski definition) is 0. The molecule has 35 heavy (non-hydrogen) atoms. The van der Waals surface area contributed by atoms with Crippen LogP contribution in [0.2, 0.25) is 0 Å². The van der Waals surface area contributed by atoms with Crippen LogP contribution >= 0.6 is 7.60 Å². The summed E-state index contributed by atoms with van der Waals surface area (Å²) in [5, 5.41) is 0. The molecule has 0 saturated heterocycles. The quantitative estimate of drug-likeness (QED) is 0.195. The summed E-state index contributed by atoms with van der Waals surface area (Å²) >= 11 is 0. The lowest BCUT2D eigenvalue weighted by atomic mass is 9.47. The minimum atomic E-state index is -3.20. The number of allylic oxidation sites excluding steroid dienone is 1. The first kappa shape index (κ1) is 27.1. The Bertz CT molecular complexity index is 888. The van der Waals surface area contributed by atoms with Crippen LogP contribution in [0.1, 0.15) is 92.4 Å². The smallest absolute Gasteiger partial charge is 0.331 e. The van der Waals surface area contributed by atoms with Gasteiger partial charge in [0.15, 0.2) is 0 Å². The number of carbonyl (C=O) groups is 2. The Hall–Kier alpha value is -0.970. The van der Waals surface area contributed by atoms with Gasteiger partial charge in [0.25, 0.3) is 0 Å². The zero-order valence-electron chi connectivity index (χ0n) is 22.3. The Morgan fingerprint density at radius 2 is 1.74 bits per heavy atom. The minimum absolute atomic E-state index is 0.0232. The molecule has 0 aromatic rings. The van der Waals surface area contributed by atoms with Crippen LogP contribution in [-0.4, -0.2) is 37.2 Å². The lowest BCUT2D eigenvalue weighted by Crippen LogP contribution is -2.51. The molecule has 7 unspecified atom stereocenters. The van der Waals surface area contributed by atoms with E-state index >= 15 is 0 Å². The van der Waals surface area contributed by atoms with Crippen molar-refractivity contribution in [2.24, 2.45) is 34.5 Å². The molecule has 4 rings (SSSR count). The van der Waals surface area contributed by atoms with Crippen molar-refractivity contribution in [3.8, 4) is 0 Å². The maximum Gasteiger partial charge on any atom is 0.331 e. The predicted molar refractivity (Wildman–Crippen MR) is 136 cm³/mol. The minimum Gasteiger partial charge on any atom is -0.462 e. The molecule has 0 aliphatic heterocycles. The van der Waals surface area contributed by atoms with Crippen molar-refractivity contribution >= 4 is 19.3 Å². The van der Waals surface area contributed by atoms with E-state index in [1.54, 1.807) is 0 Å². The third kappa shape index (κ3) is 5.09. The number of Topliss-reactive ketones (excluding diaryl/α,β-unsaturated/α-hetero) is 1. The Kier molecular flexibility index (Phi) is 8.06. The largest absolute Gasteiger partial charge is 0.462 e. The van der Waals surface area contributed by atoms with Crippen LogP contribution in [0.25, 0.3) is 0 Å². The van der Waals surface area contributed by atoms with Gasteiger partial charge in [-0.25, -0.2) is 0 Å². The van der Waals surface area contributed by atoms with Crippen LogP contribution in [0.15, 0.2) is 11.6 Å². The van der Waals surface area contributed by atoms with Crippen LogP contribution in [-0.2, 0) is 27.9 Å².